The number of benzene rings is 1. The molecule has 11 heteroatoms. The average molecular weight is 554 g/mol. The minimum Gasteiger partial charge on any atom is -0.444 e. The van der Waals surface area contributed by atoms with Crippen LogP contribution in [0.15, 0.2) is 42.5 Å². The van der Waals surface area contributed by atoms with E-state index in [4.69, 9.17) is 25.8 Å². The second-order valence-electron chi connectivity index (χ2n) is 10.2. The van der Waals surface area contributed by atoms with Crippen LogP contribution in [0, 0.1) is 0 Å². The van der Waals surface area contributed by atoms with Crippen LogP contribution < -0.4 is 9.62 Å². The highest BCUT2D eigenvalue weighted by Crippen LogP contribution is 2.32. The summed E-state index contributed by atoms with van der Waals surface area (Å²) in [5.74, 6) is 0.227. The lowest BCUT2D eigenvalue weighted by atomic mass is 9.88. The maximum Gasteiger partial charge on any atom is 0.408 e. The summed E-state index contributed by atoms with van der Waals surface area (Å²) in [7, 11) is -3.54. The van der Waals surface area contributed by atoms with Crippen LogP contribution in [0.3, 0.4) is 0 Å². The molecule has 0 radical (unpaired) electrons. The SMILES string of the molecule is CCCN(c1cc(COC2OCCC2(Cc2ccccc2)NC(=O)OC(C)(C)C)cc(Cl)n1)S(C)(=O)=O. The molecule has 2 aromatic rings. The van der Waals surface area contributed by atoms with Gasteiger partial charge in [0.2, 0.25) is 10.0 Å². The Balaban J connectivity index is 1.85. The van der Waals surface area contributed by atoms with Crippen LogP contribution in [0.2, 0.25) is 5.15 Å². The van der Waals surface area contributed by atoms with Crippen molar-refractivity contribution in [2.45, 2.75) is 71.0 Å². The molecular formula is C26H36ClN3O6S. The Morgan fingerprint density at radius 2 is 1.95 bits per heavy atom. The van der Waals surface area contributed by atoms with Gasteiger partial charge in [0.1, 0.15) is 22.1 Å². The highest BCUT2D eigenvalue weighted by molar-refractivity contribution is 7.92. The van der Waals surface area contributed by atoms with Crippen molar-refractivity contribution in [3.8, 4) is 0 Å². The fourth-order valence-electron chi connectivity index (χ4n) is 4.21. The highest BCUT2D eigenvalue weighted by atomic mass is 35.5. The van der Waals surface area contributed by atoms with E-state index in [2.05, 4.69) is 10.3 Å². The number of hydrogen-bond donors (Lipinski definition) is 1. The molecule has 1 fully saturated rings. The van der Waals surface area contributed by atoms with E-state index >= 15 is 0 Å². The second-order valence-corrected chi connectivity index (χ2v) is 12.5. The van der Waals surface area contributed by atoms with Gasteiger partial charge in [0, 0.05) is 13.0 Å². The zero-order chi connectivity index (χ0) is 27.3. The summed E-state index contributed by atoms with van der Waals surface area (Å²) in [4.78, 5) is 17.0. The van der Waals surface area contributed by atoms with Crippen molar-refractivity contribution in [3.05, 3.63) is 58.7 Å². The van der Waals surface area contributed by atoms with E-state index in [0.717, 1.165) is 11.8 Å². The fraction of sp³-hybridized carbons (Fsp3) is 0.538. The van der Waals surface area contributed by atoms with Crippen molar-refractivity contribution in [1.82, 2.24) is 10.3 Å². The Labute approximate surface area is 224 Å². The van der Waals surface area contributed by atoms with Gasteiger partial charge in [0.15, 0.2) is 6.29 Å². The average Bonchev–Trinajstić information content (AvgIpc) is 3.15. The number of alkyl carbamates (subject to hydrolysis) is 1. The predicted molar refractivity (Wildman–Crippen MR) is 143 cm³/mol. The quantitative estimate of drug-likeness (QED) is 0.426. The summed E-state index contributed by atoms with van der Waals surface area (Å²) >= 11 is 6.24. The van der Waals surface area contributed by atoms with Gasteiger partial charge in [0.05, 0.1) is 19.5 Å². The molecule has 0 aliphatic carbocycles. The first kappa shape index (κ1) is 29.2. The molecule has 1 aliphatic rings. The van der Waals surface area contributed by atoms with Crippen LogP contribution in [0.25, 0.3) is 0 Å². The maximum atomic E-state index is 12.8. The standard InChI is InChI=1S/C26H36ClN3O6S/c1-6-13-30(37(5,32)33)22-16-20(15-21(27)28-22)18-35-23-26(12-14-34-23,17-19-10-8-7-9-11-19)29-24(31)36-25(2,3)4/h7-11,15-16,23H,6,12-14,17-18H2,1-5H3,(H,29,31). The number of ether oxygens (including phenoxy) is 3. The van der Waals surface area contributed by atoms with Gasteiger partial charge in [-0.1, -0.05) is 48.9 Å². The van der Waals surface area contributed by atoms with Gasteiger partial charge in [-0.2, -0.15) is 0 Å². The molecule has 2 unspecified atom stereocenters. The third-order valence-corrected chi connectivity index (χ3v) is 7.07. The molecule has 3 rings (SSSR count). The number of anilines is 1. The summed E-state index contributed by atoms with van der Waals surface area (Å²) in [6.45, 7) is 8.02. The number of sulfonamides is 1. The monoisotopic (exact) mass is 553 g/mol. The Hall–Kier alpha value is -2.40. The van der Waals surface area contributed by atoms with E-state index in [1.165, 1.54) is 4.31 Å². The molecule has 1 aliphatic heterocycles. The van der Waals surface area contributed by atoms with Crippen LogP contribution in [-0.4, -0.2) is 56.3 Å². The number of amides is 1. The molecule has 9 nitrogen and oxygen atoms in total. The van der Waals surface area contributed by atoms with Crippen molar-refractivity contribution >= 4 is 33.5 Å². The van der Waals surface area contributed by atoms with Gasteiger partial charge in [-0.3, -0.25) is 4.31 Å². The second kappa shape index (κ2) is 12.0. The molecule has 37 heavy (non-hydrogen) atoms. The van der Waals surface area contributed by atoms with Crippen LogP contribution in [-0.2, 0) is 37.3 Å². The molecule has 1 saturated heterocycles. The van der Waals surface area contributed by atoms with E-state index in [0.29, 0.717) is 31.4 Å². The smallest absolute Gasteiger partial charge is 0.408 e. The Kier molecular flexibility index (Phi) is 9.44. The lowest BCUT2D eigenvalue weighted by Crippen LogP contribution is -2.57. The van der Waals surface area contributed by atoms with Gasteiger partial charge < -0.3 is 19.5 Å². The van der Waals surface area contributed by atoms with E-state index in [1.54, 1.807) is 32.9 Å². The molecule has 0 saturated carbocycles. The zero-order valence-electron chi connectivity index (χ0n) is 22.0. The molecule has 1 aromatic carbocycles. The number of nitrogens with zero attached hydrogens (tertiary/aromatic N) is 2. The lowest BCUT2D eigenvalue weighted by Gasteiger charge is -2.35. The van der Waals surface area contributed by atoms with Crippen molar-refractivity contribution in [2.75, 3.05) is 23.7 Å². The third-order valence-electron chi connectivity index (χ3n) is 5.71. The van der Waals surface area contributed by atoms with Gasteiger partial charge in [-0.15, -0.1) is 0 Å². The molecule has 1 aromatic heterocycles. The van der Waals surface area contributed by atoms with Crippen LogP contribution in [0.1, 0.15) is 51.7 Å². The number of rotatable bonds is 10. The minimum atomic E-state index is -3.54. The highest BCUT2D eigenvalue weighted by Gasteiger charge is 2.47. The van der Waals surface area contributed by atoms with E-state index in [-0.39, 0.29) is 24.1 Å². The van der Waals surface area contributed by atoms with Gasteiger partial charge in [0.25, 0.3) is 0 Å². The normalized spacial score (nSPS) is 20.0. The summed E-state index contributed by atoms with van der Waals surface area (Å²) in [6.07, 6.45) is 1.40. The lowest BCUT2D eigenvalue weighted by molar-refractivity contribution is -0.151. The molecule has 0 spiro atoms. The summed E-state index contributed by atoms with van der Waals surface area (Å²) < 4.78 is 43.5. The number of carbonyl (C=O) groups excluding carboxylic acids is 1. The van der Waals surface area contributed by atoms with Crippen LogP contribution in [0.4, 0.5) is 10.6 Å². The van der Waals surface area contributed by atoms with Crippen molar-refractivity contribution < 1.29 is 27.4 Å². The number of halogens is 1. The zero-order valence-corrected chi connectivity index (χ0v) is 23.6. The molecule has 2 atom stereocenters. The number of nitrogens with one attached hydrogen (secondary N) is 1. The summed E-state index contributed by atoms with van der Waals surface area (Å²) in [5.41, 5.74) is 0.100. The number of pyridine rings is 1. The number of aromatic nitrogens is 1. The molecule has 1 amide bonds. The topological polar surface area (TPSA) is 107 Å². The Morgan fingerprint density at radius 3 is 2.57 bits per heavy atom. The third kappa shape index (κ3) is 8.29. The Morgan fingerprint density at radius 1 is 1.24 bits per heavy atom. The predicted octanol–water partition coefficient (Wildman–Crippen LogP) is 4.68. The largest absolute Gasteiger partial charge is 0.444 e. The van der Waals surface area contributed by atoms with Gasteiger partial charge >= 0.3 is 6.09 Å². The molecule has 2 heterocycles. The van der Waals surface area contributed by atoms with E-state index < -0.39 is 33.5 Å². The first-order valence-corrected chi connectivity index (χ1v) is 14.5. The first-order valence-electron chi connectivity index (χ1n) is 12.2. The van der Waals surface area contributed by atoms with Crippen LogP contribution in [0.5, 0.6) is 0 Å². The van der Waals surface area contributed by atoms with Crippen molar-refractivity contribution in [3.63, 3.8) is 0 Å². The number of carbonyl (C=O) groups is 1. The van der Waals surface area contributed by atoms with Crippen molar-refractivity contribution in [2.24, 2.45) is 0 Å². The summed E-state index contributed by atoms with van der Waals surface area (Å²) in [6, 6.07) is 13.0. The van der Waals surface area contributed by atoms with E-state index in [1.807, 2.05) is 37.3 Å². The fourth-order valence-corrected chi connectivity index (χ4v) is 5.38. The van der Waals surface area contributed by atoms with E-state index in [9.17, 15) is 13.2 Å². The number of hydrogen-bond acceptors (Lipinski definition) is 7. The van der Waals surface area contributed by atoms with Crippen LogP contribution >= 0.6 is 11.6 Å². The van der Waals surface area contributed by atoms with Gasteiger partial charge in [-0.25, -0.2) is 18.2 Å². The van der Waals surface area contributed by atoms with Gasteiger partial charge in [-0.05, 0) is 56.9 Å². The maximum absolute atomic E-state index is 12.8. The first-order chi connectivity index (χ1) is 17.3. The minimum absolute atomic E-state index is 0.0656. The molecule has 0 bridgehead atoms. The van der Waals surface area contributed by atoms with Crippen molar-refractivity contribution in [1.29, 1.82) is 0 Å². The molecular weight excluding hydrogens is 518 g/mol. The molecule has 1 N–H and O–H groups in total. The summed E-state index contributed by atoms with van der Waals surface area (Å²) in [5, 5.41) is 3.17. The Bertz CT molecular complexity index is 1170. The molecule has 204 valence electrons.